The molecular formula is C55H37N3. The van der Waals surface area contributed by atoms with Crippen molar-refractivity contribution in [2.75, 3.05) is 5.73 Å². The Hall–Kier alpha value is -7.62. The van der Waals surface area contributed by atoms with Gasteiger partial charge in [0.2, 0.25) is 0 Å². The molecule has 11 rings (SSSR count). The largest absolute Gasteiger partial charge is 0.398 e. The fourth-order valence-electron chi connectivity index (χ4n) is 8.74. The predicted octanol–water partition coefficient (Wildman–Crippen LogP) is 14.1. The van der Waals surface area contributed by atoms with Crippen molar-refractivity contribution in [2.24, 2.45) is 0 Å². The first-order valence-corrected chi connectivity index (χ1v) is 19.8. The summed E-state index contributed by atoms with van der Waals surface area (Å²) < 4.78 is 0. The molecule has 2 aromatic heterocycles. The molecular weight excluding hydrogens is 703 g/mol. The maximum atomic E-state index is 7.04. The van der Waals surface area contributed by atoms with E-state index < -0.39 is 0 Å². The second-order valence-electron chi connectivity index (χ2n) is 15.2. The number of anilines is 1. The lowest BCUT2D eigenvalue weighted by atomic mass is 9.87. The highest BCUT2D eigenvalue weighted by atomic mass is 14.8. The molecule has 0 radical (unpaired) electrons. The van der Waals surface area contributed by atoms with Gasteiger partial charge >= 0.3 is 0 Å². The number of rotatable bonds is 6. The topological polar surface area (TPSA) is 51.8 Å². The minimum Gasteiger partial charge on any atom is -0.398 e. The fourth-order valence-corrected chi connectivity index (χ4v) is 8.74. The molecule has 0 saturated carbocycles. The van der Waals surface area contributed by atoms with Crippen LogP contribution in [0, 0.1) is 0 Å². The third kappa shape index (κ3) is 5.84. The van der Waals surface area contributed by atoms with Crippen LogP contribution in [0.3, 0.4) is 0 Å². The Morgan fingerprint density at radius 2 is 0.897 bits per heavy atom. The minimum atomic E-state index is 0.784. The fraction of sp³-hybridized carbons (Fsp3) is 0.0182. The summed E-state index contributed by atoms with van der Waals surface area (Å²) in [6, 6.07) is 71.3. The summed E-state index contributed by atoms with van der Waals surface area (Å²) in [4.78, 5) is 10.4. The number of nitrogens with zero attached hydrogens (tertiary/aromatic N) is 2. The van der Waals surface area contributed by atoms with E-state index in [0.29, 0.717) is 0 Å². The van der Waals surface area contributed by atoms with Crippen molar-refractivity contribution in [3.8, 4) is 44.8 Å². The summed E-state index contributed by atoms with van der Waals surface area (Å²) in [5, 5.41) is 9.20. The number of benzene rings is 9. The van der Waals surface area contributed by atoms with Gasteiger partial charge in [-0.25, -0.2) is 9.97 Å². The van der Waals surface area contributed by atoms with E-state index in [-0.39, 0.29) is 0 Å². The first-order valence-electron chi connectivity index (χ1n) is 19.8. The number of nitrogens with two attached hydrogens (primary N) is 1. The molecule has 2 heterocycles. The van der Waals surface area contributed by atoms with Crippen LogP contribution >= 0.6 is 0 Å². The van der Waals surface area contributed by atoms with Crippen LogP contribution in [-0.2, 0) is 6.42 Å². The van der Waals surface area contributed by atoms with E-state index in [2.05, 4.69) is 182 Å². The highest BCUT2D eigenvalue weighted by molar-refractivity contribution is 6.20. The minimum absolute atomic E-state index is 0.784. The highest BCUT2D eigenvalue weighted by Gasteiger charge is 2.17. The van der Waals surface area contributed by atoms with E-state index >= 15 is 0 Å². The Morgan fingerprint density at radius 1 is 0.362 bits per heavy atom. The number of hydrogen-bond acceptors (Lipinski definition) is 3. The molecule has 0 aliphatic heterocycles. The Balaban J connectivity index is 0.944. The summed E-state index contributed by atoms with van der Waals surface area (Å²) in [6.45, 7) is 0. The lowest BCUT2D eigenvalue weighted by Gasteiger charge is -2.18. The number of aromatic nitrogens is 2. The molecule has 0 aliphatic carbocycles. The summed E-state index contributed by atoms with van der Waals surface area (Å²) in [6.07, 6.45) is 0.784. The van der Waals surface area contributed by atoms with Gasteiger partial charge in [-0.05, 0) is 85.4 Å². The van der Waals surface area contributed by atoms with Crippen LogP contribution in [0.1, 0.15) is 11.1 Å². The number of nitrogen functional groups attached to an aromatic ring is 1. The van der Waals surface area contributed by atoms with Crippen LogP contribution in [0.2, 0.25) is 0 Å². The van der Waals surface area contributed by atoms with Gasteiger partial charge in [-0.1, -0.05) is 176 Å². The molecule has 0 unspecified atom stereocenters. The van der Waals surface area contributed by atoms with Gasteiger partial charge in [0.1, 0.15) is 0 Å². The van der Waals surface area contributed by atoms with E-state index in [1.807, 2.05) is 18.2 Å². The van der Waals surface area contributed by atoms with Gasteiger partial charge in [0.05, 0.1) is 22.4 Å². The Kier molecular flexibility index (Phi) is 8.04. The molecule has 0 spiro atoms. The van der Waals surface area contributed by atoms with Gasteiger partial charge in [-0.3, -0.25) is 0 Å². The lowest BCUT2D eigenvalue weighted by molar-refractivity contribution is 1.20. The summed E-state index contributed by atoms with van der Waals surface area (Å²) >= 11 is 0. The quantitative estimate of drug-likeness (QED) is 0.136. The van der Waals surface area contributed by atoms with Gasteiger partial charge in [0, 0.05) is 38.5 Å². The lowest BCUT2D eigenvalue weighted by Crippen LogP contribution is -1.98. The second kappa shape index (κ2) is 13.8. The van der Waals surface area contributed by atoms with E-state index in [9.17, 15) is 0 Å². The van der Waals surface area contributed by atoms with Crippen molar-refractivity contribution < 1.29 is 0 Å². The third-order valence-corrected chi connectivity index (χ3v) is 11.6. The van der Waals surface area contributed by atoms with Crippen molar-refractivity contribution in [3.05, 3.63) is 211 Å². The molecule has 9 aromatic carbocycles. The van der Waals surface area contributed by atoms with Gasteiger partial charge in [-0.15, -0.1) is 0 Å². The third-order valence-electron chi connectivity index (χ3n) is 11.6. The number of hydrogen-bond donors (Lipinski definition) is 1. The molecule has 0 bridgehead atoms. The molecule has 58 heavy (non-hydrogen) atoms. The molecule has 0 saturated heterocycles. The maximum Gasteiger partial charge on any atom is 0.0972 e. The zero-order valence-electron chi connectivity index (χ0n) is 31.7. The monoisotopic (exact) mass is 739 g/mol. The van der Waals surface area contributed by atoms with Crippen LogP contribution in [0.15, 0.2) is 200 Å². The molecule has 0 amide bonds. The Labute approximate surface area is 336 Å². The average molecular weight is 740 g/mol. The van der Waals surface area contributed by atoms with Crippen molar-refractivity contribution in [2.45, 2.75) is 6.42 Å². The Morgan fingerprint density at radius 3 is 1.66 bits per heavy atom. The average Bonchev–Trinajstić information content (AvgIpc) is 3.29. The molecule has 3 nitrogen and oxygen atoms in total. The van der Waals surface area contributed by atoms with Crippen LogP contribution in [0.4, 0.5) is 5.69 Å². The molecule has 0 aliphatic rings. The second-order valence-corrected chi connectivity index (χ2v) is 15.2. The standard InChI is InChI=1S/C55H37N3/c56-53-49-20-9-7-18-47(49)46-17-6-8-19-48(46)52(53)45-16-5-4-14-42(45)32-35-11-10-15-40(31-35)41-25-21-36-22-26-43(34-44(36)33-41)51-30-28-39-24-23-38-27-29-50(37-12-2-1-3-13-37)57-54(38)55(39)58-51/h1-31,33-34H,32,56H2. The smallest absolute Gasteiger partial charge is 0.0972 e. The zero-order valence-corrected chi connectivity index (χ0v) is 31.7. The molecule has 272 valence electrons. The van der Waals surface area contributed by atoms with Crippen LogP contribution in [0.5, 0.6) is 0 Å². The van der Waals surface area contributed by atoms with Gasteiger partial charge in [0.25, 0.3) is 0 Å². The zero-order chi connectivity index (χ0) is 38.6. The van der Waals surface area contributed by atoms with Crippen LogP contribution in [-0.4, -0.2) is 9.97 Å². The molecule has 0 fully saturated rings. The molecule has 11 aromatic rings. The van der Waals surface area contributed by atoms with Crippen molar-refractivity contribution in [3.63, 3.8) is 0 Å². The SMILES string of the molecule is Nc1c(-c2ccccc2Cc2cccc(-c3ccc4ccc(-c5ccc6ccc7ccc(-c8ccccc8)nc7c6n5)cc4c3)c2)c2ccccc2c2ccccc12. The van der Waals surface area contributed by atoms with Gasteiger partial charge in [-0.2, -0.15) is 0 Å². The Bertz CT molecular complexity index is 3390. The highest BCUT2D eigenvalue weighted by Crippen LogP contribution is 2.42. The first-order chi connectivity index (χ1) is 28.6. The normalized spacial score (nSPS) is 11.6. The maximum absolute atomic E-state index is 7.04. The van der Waals surface area contributed by atoms with Gasteiger partial charge < -0.3 is 5.73 Å². The summed E-state index contributed by atoms with van der Waals surface area (Å²) in [7, 11) is 0. The number of pyridine rings is 2. The van der Waals surface area contributed by atoms with Gasteiger partial charge in [0.15, 0.2) is 0 Å². The van der Waals surface area contributed by atoms with E-state index in [1.165, 1.54) is 54.7 Å². The van der Waals surface area contributed by atoms with Crippen molar-refractivity contribution >= 4 is 59.8 Å². The molecule has 2 N–H and O–H groups in total. The van der Waals surface area contributed by atoms with E-state index in [4.69, 9.17) is 15.7 Å². The van der Waals surface area contributed by atoms with Crippen molar-refractivity contribution in [1.29, 1.82) is 0 Å². The van der Waals surface area contributed by atoms with Crippen molar-refractivity contribution in [1.82, 2.24) is 9.97 Å². The molecule has 0 atom stereocenters. The van der Waals surface area contributed by atoms with Crippen LogP contribution < -0.4 is 5.73 Å². The number of fused-ring (bicyclic) bond motifs is 7. The molecule has 3 heteroatoms. The summed E-state index contributed by atoms with van der Waals surface area (Å²) in [5.41, 5.74) is 20.9. The van der Waals surface area contributed by atoms with Crippen LogP contribution in [0.25, 0.3) is 98.9 Å². The first kappa shape index (κ1) is 33.7. The van der Waals surface area contributed by atoms with E-state index in [1.54, 1.807) is 0 Å². The van der Waals surface area contributed by atoms with E-state index in [0.717, 1.165) is 67.4 Å². The summed E-state index contributed by atoms with van der Waals surface area (Å²) in [5.74, 6) is 0. The predicted molar refractivity (Wildman–Crippen MR) is 245 cm³/mol.